The molecule has 3 nitrogen and oxygen atoms in total. The van der Waals surface area contributed by atoms with Crippen LogP contribution in [0.3, 0.4) is 0 Å². The predicted molar refractivity (Wildman–Crippen MR) is 76.6 cm³/mol. The van der Waals surface area contributed by atoms with E-state index in [9.17, 15) is 4.79 Å². The summed E-state index contributed by atoms with van der Waals surface area (Å²) in [6, 6.07) is 0.833. The first-order chi connectivity index (χ1) is 8.43. The molecule has 1 aliphatic carbocycles. The third-order valence-electron chi connectivity index (χ3n) is 4.02. The number of carbonyl (C=O) groups is 1. The zero-order valence-corrected chi connectivity index (χ0v) is 12.5. The van der Waals surface area contributed by atoms with Crippen molar-refractivity contribution >= 4 is 5.91 Å². The number of carbonyl (C=O) groups excluding carboxylic acids is 1. The van der Waals surface area contributed by atoms with Crippen LogP contribution >= 0.6 is 0 Å². The highest BCUT2D eigenvalue weighted by atomic mass is 16.1. The van der Waals surface area contributed by atoms with Gasteiger partial charge in [-0.15, -0.1) is 0 Å². The van der Waals surface area contributed by atoms with Crippen molar-refractivity contribution in [2.24, 2.45) is 5.41 Å². The Kier molecular flexibility index (Phi) is 6.13. The average molecular weight is 254 g/mol. The second-order valence-electron chi connectivity index (χ2n) is 6.58. The van der Waals surface area contributed by atoms with E-state index in [0.717, 1.165) is 12.8 Å². The van der Waals surface area contributed by atoms with E-state index in [4.69, 9.17) is 0 Å². The maximum atomic E-state index is 11.7. The molecule has 1 amide bonds. The fraction of sp³-hybridized carbons (Fsp3) is 0.933. The maximum absolute atomic E-state index is 11.7. The Morgan fingerprint density at radius 1 is 1.33 bits per heavy atom. The Morgan fingerprint density at radius 3 is 2.50 bits per heavy atom. The van der Waals surface area contributed by atoms with E-state index >= 15 is 0 Å². The second-order valence-corrected chi connectivity index (χ2v) is 6.58. The Bertz CT molecular complexity index is 253. The lowest BCUT2D eigenvalue weighted by Gasteiger charge is -2.34. The summed E-state index contributed by atoms with van der Waals surface area (Å²) in [6.07, 6.45) is 7.10. The fourth-order valence-electron chi connectivity index (χ4n) is 2.67. The highest BCUT2D eigenvalue weighted by Gasteiger charge is 2.26. The molecule has 3 heteroatoms. The molecule has 0 aliphatic heterocycles. The van der Waals surface area contributed by atoms with Crippen molar-refractivity contribution in [3.63, 3.8) is 0 Å². The Balaban J connectivity index is 2.15. The van der Waals surface area contributed by atoms with Crippen molar-refractivity contribution in [2.75, 3.05) is 6.54 Å². The van der Waals surface area contributed by atoms with Gasteiger partial charge in [0.05, 0.1) is 6.54 Å². The third-order valence-corrected chi connectivity index (χ3v) is 4.02. The van der Waals surface area contributed by atoms with Gasteiger partial charge in [-0.2, -0.15) is 0 Å². The van der Waals surface area contributed by atoms with Crippen molar-refractivity contribution in [3.8, 4) is 0 Å². The summed E-state index contributed by atoms with van der Waals surface area (Å²) < 4.78 is 0. The van der Waals surface area contributed by atoms with Gasteiger partial charge >= 0.3 is 0 Å². The summed E-state index contributed by atoms with van der Waals surface area (Å²) in [7, 11) is 0. The van der Waals surface area contributed by atoms with Crippen molar-refractivity contribution in [2.45, 2.75) is 78.3 Å². The Hall–Kier alpha value is -0.570. The van der Waals surface area contributed by atoms with E-state index in [0.29, 0.717) is 24.0 Å². The molecule has 1 aliphatic rings. The maximum Gasteiger partial charge on any atom is 0.234 e. The molecule has 0 aromatic rings. The molecule has 0 spiro atoms. The lowest BCUT2D eigenvalue weighted by atomic mass is 9.75. The lowest BCUT2D eigenvalue weighted by molar-refractivity contribution is -0.121. The van der Waals surface area contributed by atoms with Crippen LogP contribution in [-0.4, -0.2) is 24.5 Å². The van der Waals surface area contributed by atoms with E-state index in [1.54, 1.807) is 0 Å². The molecule has 106 valence electrons. The van der Waals surface area contributed by atoms with E-state index in [1.165, 1.54) is 25.7 Å². The summed E-state index contributed by atoms with van der Waals surface area (Å²) in [4.78, 5) is 11.7. The van der Waals surface area contributed by atoms with Gasteiger partial charge < -0.3 is 10.6 Å². The second kappa shape index (κ2) is 7.13. The van der Waals surface area contributed by atoms with Crippen LogP contribution in [0, 0.1) is 5.41 Å². The molecule has 0 saturated heterocycles. The fourth-order valence-corrected chi connectivity index (χ4v) is 2.67. The van der Waals surface area contributed by atoms with Gasteiger partial charge in [0.2, 0.25) is 5.91 Å². The molecule has 1 saturated carbocycles. The van der Waals surface area contributed by atoms with Gasteiger partial charge in [-0.3, -0.25) is 4.79 Å². The smallest absolute Gasteiger partial charge is 0.234 e. The van der Waals surface area contributed by atoms with E-state index in [-0.39, 0.29) is 5.91 Å². The van der Waals surface area contributed by atoms with Crippen LogP contribution in [0.4, 0.5) is 0 Å². The first kappa shape index (κ1) is 15.5. The normalized spacial score (nSPS) is 21.6. The average Bonchev–Trinajstić information content (AvgIpc) is 2.28. The van der Waals surface area contributed by atoms with Crippen LogP contribution in [0.2, 0.25) is 0 Å². The van der Waals surface area contributed by atoms with Gasteiger partial charge in [0.15, 0.2) is 0 Å². The minimum Gasteiger partial charge on any atom is -0.353 e. The molecule has 1 fully saturated rings. The van der Waals surface area contributed by atoms with Crippen LogP contribution < -0.4 is 10.6 Å². The number of rotatable bonds is 6. The molecular weight excluding hydrogens is 224 g/mol. The standard InChI is InChI=1S/C15H30N2O/c1-5-6-12(2)17-14(18)11-16-13-7-9-15(3,4)10-8-13/h12-13,16H,5-11H2,1-4H3,(H,17,18). The SMILES string of the molecule is CCCC(C)NC(=O)CNC1CCC(C)(C)CC1. The molecule has 0 aromatic heterocycles. The molecule has 0 aromatic carbocycles. The summed E-state index contributed by atoms with van der Waals surface area (Å²) in [5.41, 5.74) is 0.496. The van der Waals surface area contributed by atoms with Crippen LogP contribution in [-0.2, 0) is 4.79 Å². The molecule has 18 heavy (non-hydrogen) atoms. The highest BCUT2D eigenvalue weighted by molar-refractivity contribution is 5.78. The molecular formula is C15H30N2O. The number of nitrogens with one attached hydrogen (secondary N) is 2. The Labute approximate surface area is 112 Å². The monoisotopic (exact) mass is 254 g/mol. The topological polar surface area (TPSA) is 41.1 Å². The first-order valence-corrected chi connectivity index (χ1v) is 7.45. The van der Waals surface area contributed by atoms with E-state index < -0.39 is 0 Å². The van der Waals surface area contributed by atoms with Crippen LogP contribution in [0.1, 0.15) is 66.2 Å². The predicted octanol–water partition coefficient (Wildman–Crippen LogP) is 2.85. The van der Waals surface area contributed by atoms with E-state index in [2.05, 4.69) is 38.3 Å². The number of hydrogen-bond donors (Lipinski definition) is 2. The Morgan fingerprint density at radius 2 is 1.94 bits per heavy atom. The van der Waals surface area contributed by atoms with Gasteiger partial charge in [-0.1, -0.05) is 27.2 Å². The summed E-state index contributed by atoms with van der Waals surface area (Å²) in [5.74, 6) is 0.140. The molecule has 2 N–H and O–H groups in total. The van der Waals surface area contributed by atoms with Crippen molar-refractivity contribution in [1.82, 2.24) is 10.6 Å². The molecule has 1 rings (SSSR count). The molecule has 0 radical (unpaired) electrons. The molecule has 1 atom stereocenters. The highest BCUT2D eigenvalue weighted by Crippen LogP contribution is 2.34. The van der Waals surface area contributed by atoms with Crippen molar-refractivity contribution < 1.29 is 4.79 Å². The summed E-state index contributed by atoms with van der Waals surface area (Å²) >= 11 is 0. The molecule has 0 bridgehead atoms. The summed E-state index contributed by atoms with van der Waals surface area (Å²) in [5, 5.41) is 6.43. The number of hydrogen-bond acceptors (Lipinski definition) is 2. The van der Waals surface area contributed by atoms with Gasteiger partial charge in [0.25, 0.3) is 0 Å². The van der Waals surface area contributed by atoms with Gasteiger partial charge in [0.1, 0.15) is 0 Å². The summed E-state index contributed by atoms with van der Waals surface area (Å²) in [6.45, 7) is 9.36. The zero-order chi connectivity index (χ0) is 13.6. The largest absolute Gasteiger partial charge is 0.353 e. The van der Waals surface area contributed by atoms with Gasteiger partial charge in [0, 0.05) is 12.1 Å². The quantitative estimate of drug-likeness (QED) is 0.765. The van der Waals surface area contributed by atoms with Gasteiger partial charge in [-0.05, 0) is 44.4 Å². The van der Waals surface area contributed by atoms with Crippen molar-refractivity contribution in [3.05, 3.63) is 0 Å². The van der Waals surface area contributed by atoms with E-state index in [1.807, 2.05) is 0 Å². The lowest BCUT2D eigenvalue weighted by Crippen LogP contribution is -2.43. The van der Waals surface area contributed by atoms with Crippen molar-refractivity contribution in [1.29, 1.82) is 0 Å². The minimum atomic E-state index is 0.140. The third kappa shape index (κ3) is 5.85. The van der Waals surface area contributed by atoms with Crippen LogP contribution in [0.25, 0.3) is 0 Å². The minimum absolute atomic E-state index is 0.140. The molecule has 0 heterocycles. The van der Waals surface area contributed by atoms with Crippen LogP contribution in [0.5, 0.6) is 0 Å². The number of amides is 1. The first-order valence-electron chi connectivity index (χ1n) is 7.45. The zero-order valence-electron chi connectivity index (χ0n) is 12.5. The molecule has 1 unspecified atom stereocenters. The van der Waals surface area contributed by atoms with Crippen LogP contribution in [0.15, 0.2) is 0 Å². The van der Waals surface area contributed by atoms with Gasteiger partial charge in [-0.25, -0.2) is 0 Å².